The van der Waals surface area contributed by atoms with E-state index in [1.54, 1.807) is 7.11 Å². The fourth-order valence-electron chi connectivity index (χ4n) is 2.92. The van der Waals surface area contributed by atoms with E-state index < -0.39 is 0 Å². The van der Waals surface area contributed by atoms with Gasteiger partial charge in [-0.1, -0.05) is 0 Å². The van der Waals surface area contributed by atoms with Gasteiger partial charge in [-0.2, -0.15) is 0 Å². The Bertz CT molecular complexity index is 334. The van der Waals surface area contributed by atoms with E-state index in [1.807, 2.05) is 4.90 Å². The second kappa shape index (κ2) is 5.26. The number of amides is 2. The van der Waals surface area contributed by atoms with E-state index in [4.69, 9.17) is 10.5 Å². The van der Waals surface area contributed by atoms with Gasteiger partial charge in [-0.25, -0.2) is 0 Å². The van der Waals surface area contributed by atoms with Crippen LogP contribution < -0.4 is 5.73 Å². The van der Waals surface area contributed by atoms with E-state index in [2.05, 4.69) is 0 Å². The molecule has 2 fully saturated rings. The predicted octanol–water partition coefficient (Wildman–Crippen LogP) is 0.669. The van der Waals surface area contributed by atoms with Crippen LogP contribution in [0.2, 0.25) is 0 Å². The molecule has 1 aliphatic carbocycles. The molecular formula is C13H22N2O3. The molecule has 2 N–H and O–H groups in total. The summed E-state index contributed by atoms with van der Waals surface area (Å²) in [4.78, 5) is 24.9. The van der Waals surface area contributed by atoms with E-state index in [1.165, 1.54) is 0 Å². The SMILES string of the molecule is COC1(CC(=O)N2CCC(CC(N)=O)C2)CCC1. The van der Waals surface area contributed by atoms with Gasteiger partial charge in [0, 0.05) is 26.6 Å². The zero-order chi connectivity index (χ0) is 13.2. The number of nitrogens with zero attached hydrogens (tertiary/aromatic N) is 1. The third-order valence-corrected chi connectivity index (χ3v) is 4.30. The van der Waals surface area contributed by atoms with Crippen LogP contribution in [0.3, 0.4) is 0 Å². The fraction of sp³-hybridized carbons (Fsp3) is 0.846. The molecule has 1 saturated carbocycles. The third kappa shape index (κ3) is 2.83. The van der Waals surface area contributed by atoms with E-state index in [9.17, 15) is 9.59 Å². The highest BCUT2D eigenvalue weighted by Gasteiger charge is 2.41. The molecule has 0 aromatic carbocycles. The monoisotopic (exact) mass is 254 g/mol. The smallest absolute Gasteiger partial charge is 0.225 e. The number of primary amides is 1. The Hall–Kier alpha value is -1.10. The van der Waals surface area contributed by atoms with Gasteiger partial charge >= 0.3 is 0 Å². The molecule has 1 saturated heterocycles. The van der Waals surface area contributed by atoms with Crippen molar-refractivity contribution < 1.29 is 14.3 Å². The molecule has 2 amide bonds. The number of carbonyl (C=O) groups excluding carboxylic acids is 2. The van der Waals surface area contributed by atoms with Crippen molar-refractivity contribution >= 4 is 11.8 Å². The molecule has 0 aromatic heterocycles. The second-order valence-electron chi connectivity index (χ2n) is 5.58. The molecular weight excluding hydrogens is 232 g/mol. The molecule has 0 bridgehead atoms. The summed E-state index contributed by atoms with van der Waals surface area (Å²) >= 11 is 0. The summed E-state index contributed by atoms with van der Waals surface area (Å²) in [6.07, 6.45) is 4.85. The van der Waals surface area contributed by atoms with Crippen molar-refractivity contribution in [2.75, 3.05) is 20.2 Å². The zero-order valence-corrected chi connectivity index (χ0v) is 11.0. The van der Waals surface area contributed by atoms with Crippen LogP contribution in [0, 0.1) is 5.92 Å². The molecule has 5 nitrogen and oxygen atoms in total. The summed E-state index contributed by atoms with van der Waals surface area (Å²) in [5.41, 5.74) is 4.98. The molecule has 1 atom stereocenters. The summed E-state index contributed by atoms with van der Waals surface area (Å²) < 4.78 is 5.47. The molecule has 0 aromatic rings. The lowest BCUT2D eigenvalue weighted by Gasteiger charge is -2.40. The number of rotatable bonds is 5. The number of hydrogen-bond donors (Lipinski definition) is 1. The lowest BCUT2D eigenvalue weighted by atomic mass is 9.77. The minimum atomic E-state index is -0.276. The van der Waals surface area contributed by atoms with Gasteiger partial charge in [0.25, 0.3) is 0 Å². The summed E-state index contributed by atoms with van der Waals surface area (Å²) in [5, 5.41) is 0. The second-order valence-corrected chi connectivity index (χ2v) is 5.58. The normalized spacial score (nSPS) is 25.8. The lowest BCUT2D eigenvalue weighted by Crippen LogP contribution is -2.44. The van der Waals surface area contributed by atoms with Gasteiger partial charge in [0.1, 0.15) is 0 Å². The first-order chi connectivity index (χ1) is 8.54. The van der Waals surface area contributed by atoms with Crippen molar-refractivity contribution in [1.82, 2.24) is 4.90 Å². The topological polar surface area (TPSA) is 72.6 Å². The maximum absolute atomic E-state index is 12.2. The highest BCUT2D eigenvalue weighted by atomic mass is 16.5. The fourth-order valence-corrected chi connectivity index (χ4v) is 2.92. The highest BCUT2D eigenvalue weighted by molar-refractivity contribution is 5.78. The molecule has 2 aliphatic rings. The van der Waals surface area contributed by atoms with Gasteiger partial charge in [-0.3, -0.25) is 9.59 Å². The molecule has 5 heteroatoms. The molecule has 0 radical (unpaired) electrons. The number of nitrogens with two attached hydrogens (primary N) is 1. The van der Waals surface area contributed by atoms with Crippen molar-refractivity contribution in [1.29, 1.82) is 0 Å². The highest BCUT2D eigenvalue weighted by Crippen LogP contribution is 2.38. The Kier molecular flexibility index (Phi) is 3.90. The van der Waals surface area contributed by atoms with E-state index in [0.717, 1.165) is 32.2 Å². The zero-order valence-electron chi connectivity index (χ0n) is 11.0. The Labute approximate surface area is 108 Å². The largest absolute Gasteiger partial charge is 0.378 e. The molecule has 18 heavy (non-hydrogen) atoms. The lowest BCUT2D eigenvalue weighted by molar-refractivity contribution is -0.143. The van der Waals surface area contributed by atoms with Crippen molar-refractivity contribution in [3.05, 3.63) is 0 Å². The van der Waals surface area contributed by atoms with Crippen LogP contribution in [-0.2, 0) is 14.3 Å². The molecule has 1 heterocycles. The van der Waals surface area contributed by atoms with Gasteiger partial charge in [-0.05, 0) is 31.6 Å². The standard InChI is InChI=1S/C13H22N2O3/c1-18-13(4-2-5-13)8-12(17)15-6-3-10(9-15)7-11(14)16/h10H,2-9H2,1H3,(H2,14,16). The molecule has 1 unspecified atom stereocenters. The number of likely N-dealkylation sites (tertiary alicyclic amines) is 1. The maximum atomic E-state index is 12.2. The van der Waals surface area contributed by atoms with Crippen LogP contribution in [0.25, 0.3) is 0 Å². The van der Waals surface area contributed by atoms with Gasteiger partial charge in [0.15, 0.2) is 0 Å². The quantitative estimate of drug-likeness (QED) is 0.783. The van der Waals surface area contributed by atoms with E-state index in [0.29, 0.717) is 19.4 Å². The Morgan fingerprint density at radius 3 is 2.67 bits per heavy atom. The summed E-state index contributed by atoms with van der Waals surface area (Å²) in [6, 6.07) is 0. The van der Waals surface area contributed by atoms with Gasteiger partial charge in [0.2, 0.25) is 11.8 Å². The van der Waals surface area contributed by atoms with Crippen molar-refractivity contribution in [2.45, 2.75) is 44.1 Å². The van der Waals surface area contributed by atoms with Crippen LogP contribution in [-0.4, -0.2) is 42.5 Å². The Morgan fingerprint density at radius 1 is 1.44 bits per heavy atom. The van der Waals surface area contributed by atoms with Gasteiger partial charge in [-0.15, -0.1) is 0 Å². The number of carbonyl (C=O) groups is 2. The average molecular weight is 254 g/mol. The van der Waals surface area contributed by atoms with Gasteiger partial charge < -0.3 is 15.4 Å². The Morgan fingerprint density at radius 2 is 2.17 bits per heavy atom. The molecule has 2 rings (SSSR count). The van der Waals surface area contributed by atoms with Crippen LogP contribution in [0.15, 0.2) is 0 Å². The summed E-state index contributed by atoms with van der Waals surface area (Å²) in [7, 11) is 1.69. The molecule has 102 valence electrons. The van der Waals surface area contributed by atoms with Gasteiger partial charge in [0.05, 0.1) is 12.0 Å². The van der Waals surface area contributed by atoms with Crippen LogP contribution >= 0.6 is 0 Å². The van der Waals surface area contributed by atoms with Crippen molar-refractivity contribution in [3.8, 4) is 0 Å². The molecule has 1 aliphatic heterocycles. The number of ether oxygens (including phenoxy) is 1. The first-order valence-corrected chi connectivity index (χ1v) is 6.66. The van der Waals surface area contributed by atoms with Crippen LogP contribution in [0.4, 0.5) is 0 Å². The molecule has 0 spiro atoms. The predicted molar refractivity (Wildman–Crippen MR) is 66.7 cm³/mol. The number of hydrogen-bond acceptors (Lipinski definition) is 3. The van der Waals surface area contributed by atoms with Crippen LogP contribution in [0.5, 0.6) is 0 Å². The Balaban J connectivity index is 1.82. The summed E-state index contributed by atoms with van der Waals surface area (Å²) in [5.74, 6) is 0.122. The van der Waals surface area contributed by atoms with Crippen molar-refractivity contribution in [3.63, 3.8) is 0 Å². The van der Waals surface area contributed by atoms with Crippen molar-refractivity contribution in [2.24, 2.45) is 11.7 Å². The minimum absolute atomic E-state index is 0.156. The first-order valence-electron chi connectivity index (χ1n) is 6.66. The van der Waals surface area contributed by atoms with E-state index >= 15 is 0 Å². The summed E-state index contributed by atoms with van der Waals surface area (Å²) in [6.45, 7) is 1.41. The first kappa shape index (κ1) is 13.3. The maximum Gasteiger partial charge on any atom is 0.225 e. The van der Waals surface area contributed by atoms with Crippen LogP contribution in [0.1, 0.15) is 38.5 Å². The average Bonchev–Trinajstić information content (AvgIpc) is 2.70. The van der Waals surface area contributed by atoms with E-state index in [-0.39, 0.29) is 23.3 Å². The minimum Gasteiger partial charge on any atom is -0.378 e. The third-order valence-electron chi connectivity index (χ3n) is 4.30. The number of methoxy groups -OCH3 is 1.